The minimum atomic E-state index is -0.0153. The molecule has 1 aromatic heterocycles. The number of hydrogen-bond donors (Lipinski definition) is 0. The van der Waals surface area contributed by atoms with E-state index < -0.39 is 0 Å². The Morgan fingerprint density at radius 2 is 1.88 bits per heavy atom. The maximum Gasteiger partial charge on any atom is 0.256 e. The second kappa shape index (κ2) is 4.66. The van der Waals surface area contributed by atoms with Gasteiger partial charge < -0.3 is 9.30 Å². The van der Waals surface area contributed by atoms with Crippen molar-refractivity contribution in [1.29, 1.82) is 0 Å². The van der Waals surface area contributed by atoms with Crippen molar-refractivity contribution in [2.24, 2.45) is 7.05 Å². The molecule has 0 spiro atoms. The molecule has 16 heavy (non-hydrogen) atoms. The van der Waals surface area contributed by atoms with Crippen molar-refractivity contribution < 1.29 is 4.74 Å². The highest BCUT2D eigenvalue weighted by molar-refractivity contribution is 5.21. The fraction of sp³-hybridized carbons (Fsp3) is 0.154. The van der Waals surface area contributed by atoms with Crippen LogP contribution in [0.15, 0.2) is 53.5 Å². The number of para-hydroxylation sites is 1. The van der Waals surface area contributed by atoms with Crippen LogP contribution in [0, 0.1) is 0 Å². The van der Waals surface area contributed by atoms with Gasteiger partial charge in [0.15, 0.2) is 0 Å². The molecule has 0 saturated heterocycles. The smallest absolute Gasteiger partial charge is 0.256 e. The molecule has 0 fully saturated rings. The zero-order chi connectivity index (χ0) is 11.4. The van der Waals surface area contributed by atoms with Crippen LogP contribution < -0.4 is 10.3 Å². The molecule has 2 rings (SSSR count). The summed E-state index contributed by atoms with van der Waals surface area (Å²) in [6.45, 7) is 0.303. The van der Waals surface area contributed by atoms with Crippen molar-refractivity contribution >= 4 is 0 Å². The Balaban J connectivity index is 2.11. The summed E-state index contributed by atoms with van der Waals surface area (Å²) in [5.41, 5.74) is 0.646. The zero-order valence-corrected chi connectivity index (χ0v) is 9.09. The van der Waals surface area contributed by atoms with Gasteiger partial charge in [-0.25, -0.2) is 0 Å². The Morgan fingerprint density at radius 1 is 1.12 bits per heavy atom. The number of pyridine rings is 1. The number of benzene rings is 1. The molecule has 0 unspecified atom stereocenters. The molecule has 1 heterocycles. The first-order chi connectivity index (χ1) is 7.77. The molecule has 0 aliphatic heterocycles. The summed E-state index contributed by atoms with van der Waals surface area (Å²) in [7, 11) is 1.73. The largest absolute Gasteiger partial charge is 0.489 e. The maximum atomic E-state index is 11.7. The van der Waals surface area contributed by atoms with Gasteiger partial charge in [-0.1, -0.05) is 18.2 Å². The molecular formula is C13H13NO2. The maximum absolute atomic E-state index is 11.7. The fourth-order valence-corrected chi connectivity index (χ4v) is 1.44. The highest BCUT2D eigenvalue weighted by Gasteiger charge is 2.01. The summed E-state index contributed by atoms with van der Waals surface area (Å²) < 4.78 is 7.06. The second-order valence-electron chi connectivity index (χ2n) is 3.55. The molecule has 82 valence electrons. The van der Waals surface area contributed by atoms with Crippen molar-refractivity contribution in [3.8, 4) is 5.75 Å². The molecule has 0 N–H and O–H groups in total. The molecule has 3 nitrogen and oxygen atoms in total. The van der Waals surface area contributed by atoms with Crippen LogP contribution in [0.3, 0.4) is 0 Å². The second-order valence-corrected chi connectivity index (χ2v) is 3.55. The van der Waals surface area contributed by atoms with E-state index in [9.17, 15) is 4.79 Å². The van der Waals surface area contributed by atoms with Crippen molar-refractivity contribution in [3.05, 3.63) is 64.6 Å². The lowest BCUT2D eigenvalue weighted by Gasteiger charge is -2.06. The standard InChI is InChI=1S/C13H13NO2/c1-14-9-5-6-11(13(14)15)10-16-12-7-3-2-4-8-12/h2-9H,10H2,1H3. The van der Waals surface area contributed by atoms with Gasteiger partial charge in [0.25, 0.3) is 5.56 Å². The molecule has 3 heteroatoms. The van der Waals surface area contributed by atoms with Crippen LogP contribution in [0.1, 0.15) is 5.56 Å². The lowest BCUT2D eigenvalue weighted by atomic mass is 10.3. The Hall–Kier alpha value is -2.03. The van der Waals surface area contributed by atoms with Gasteiger partial charge in [0.2, 0.25) is 0 Å². The van der Waals surface area contributed by atoms with Crippen LogP contribution >= 0.6 is 0 Å². The van der Waals surface area contributed by atoms with Crippen molar-refractivity contribution in [1.82, 2.24) is 4.57 Å². The average molecular weight is 215 g/mol. The molecule has 2 aromatic rings. The van der Waals surface area contributed by atoms with E-state index in [4.69, 9.17) is 4.74 Å². The van der Waals surface area contributed by atoms with Gasteiger partial charge in [0, 0.05) is 13.2 Å². The van der Waals surface area contributed by atoms with E-state index in [1.807, 2.05) is 36.4 Å². The first kappa shape index (κ1) is 10.5. The number of hydrogen-bond acceptors (Lipinski definition) is 2. The minimum absolute atomic E-state index is 0.0153. The van der Waals surface area contributed by atoms with E-state index in [1.165, 1.54) is 0 Å². The molecule has 1 aromatic carbocycles. The fourth-order valence-electron chi connectivity index (χ4n) is 1.44. The third-order valence-electron chi connectivity index (χ3n) is 2.34. The molecule has 0 aliphatic carbocycles. The molecule has 0 aliphatic rings. The van der Waals surface area contributed by atoms with Gasteiger partial charge in [0.1, 0.15) is 12.4 Å². The number of aromatic nitrogens is 1. The van der Waals surface area contributed by atoms with Crippen LogP contribution in [0.4, 0.5) is 0 Å². The number of nitrogens with zero attached hydrogens (tertiary/aromatic N) is 1. The monoisotopic (exact) mass is 215 g/mol. The van der Waals surface area contributed by atoms with Crippen molar-refractivity contribution in [2.75, 3.05) is 0 Å². The topological polar surface area (TPSA) is 31.2 Å². The van der Waals surface area contributed by atoms with E-state index in [1.54, 1.807) is 23.9 Å². The number of aryl methyl sites for hydroxylation is 1. The van der Waals surface area contributed by atoms with Crippen molar-refractivity contribution in [2.45, 2.75) is 6.61 Å². The number of rotatable bonds is 3. The van der Waals surface area contributed by atoms with E-state index in [-0.39, 0.29) is 5.56 Å². The quantitative estimate of drug-likeness (QED) is 0.783. The minimum Gasteiger partial charge on any atom is -0.489 e. The Bertz CT molecular complexity index is 517. The van der Waals surface area contributed by atoms with E-state index >= 15 is 0 Å². The Labute approximate surface area is 93.9 Å². The van der Waals surface area contributed by atoms with Crippen LogP contribution in [-0.4, -0.2) is 4.57 Å². The third-order valence-corrected chi connectivity index (χ3v) is 2.34. The highest BCUT2D eigenvalue weighted by Crippen LogP contribution is 2.09. The average Bonchev–Trinajstić information content (AvgIpc) is 2.32. The highest BCUT2D eigenvalue weighted by atomic mass is 16.5. The molecule has 0 bridgehead atoms. The van der Waals surface area contributed by atoms with Crippen LogP contribution in [0.5, 0.6) is 5.75 Å². The summed E-state index contributed by atoms with van der Waals surface area (Å²) in [4.78, 5) is 11.7. The molecule has 0 amide bonds. The summed E-state index contributed by atoms with van der Waals surface area (Å²) >= 11 is 0. The van der Waals surface area contributed by atoms with Crippen LogP contribution in [0.2, 0.25) is 0 Å². The lowest BCUT2D eigenvalue weighted by Crippen LogP contribution is -2.21. The van der Waals surface area contributed by atoms with Gasteiger partial charge in [-0.05, 0) is 24.3 Å². The molecule has 0 saturated carbocycles. The number of ether oxygens (including phenoxy) is 1. The summed E-state index contributed by atoms with van der Waals surface area (Å²) in [5, 5.41) is 0. The third kappa shape index (κ3) is 2.31. The Kier molecular flexibility index (Phi) is 3.05. The van der Waals surface area contributed by atoms with Gasteiger partial charge in [-0.15, -0.1) is 0 Å². The molecule has 0 radical (unpaired) electrons. The lowest BCUT2D eigenvalue weighted by molar-refractivity contribution is 0.304. The van der Waals surface area contributed by atoms with Crippen LogP contribution in [-0.2, 0) is 13.7 Å². The van der Waals surface area contributed by atoms with Gasteiger partial charge >= 0.3 is 0 Å². The van der Waals surface area contributed by atoms with Crippen LogP contribution in [0.25, 0.3) is 0 Å². The predicted molar refractivity (Wildman–Crippen MR) is 62.5 cm³/mol. The molecular weight excluding hydrogens is 202 g/mol. The van der Waals surface area contributed by atoms with Gasteiger partial charge in [-0.3, -0.25) is 4.79 Å². The van der Waals surface area contributed by atoms with Gasteiger partial charge in [0.05, 0.1) is 5.56 Å². The summed E-state index contributed by atoms with van der Waals surface area (Å²) in [6.07, 6.45) is 1.73. The first-order valence-corrected chi connectivity index (χ1v) is 5.10. The molecule has 0 atom stereocenters. The zero-order valence-electron chi connectivity index (χ0n) is 9.09. The van der Waals surface area contributed by atoms with E-state index in [0.29, 0.717) is 12.2 Å². The first-order valence-electron chi connectivity index (χ1n) is 5.10. The normalized spacial score (nSPS) is 10.1. The van der Waals surface area contributed by atoms with Crippen molar-refractivity contribution in [3.63, 3.8) is 0 Å². The SMILES string of the molecule is Cn1cccc(COc2ccccc2)c1=O. The Morgan fingerprint density at radius 3 is 2.62 bits per heavy atom. The van der Waals surface area contributed by atoms with Gasteiger partial charge in [-0.2, -0.15) is 0 Å². The summed E-state index contributed by atoms with van der Waals surface area (Å²) in [5.74, 6) is 0.772. The van der Waals surface area contributed by atoms with E-state index in [2.05, 4.69) is 0 Å². The summed E-state index contributed by atoms with van der Waals surface area (Å²) in [6, 6.07) is 13.1. The predicted octanol–water partition coefficient (Wildman–Crippen LogP) is 1.96. The van der Waals surface area contributed by atoms with E-state index in [0.717, 1.165) is 5.75 Å².